The fraction of sp³-hybridized carbons (Fsp3) is 1.00. The summed E-state index contributed by atoms with van der Waals surface area (Å²) in [6.07, 6.45) is 1.26. The topological polar surface area (TPSA) is 0 Å². The summed E-state index contributed by atoms with van der Waals surface area (Å²) in [4.78, 5) is 0. The lowest BCUT2D eigenvalue weighted by molar-refractivity contribution is 0.414. The Labute approximate surface area is 58.1 Å². The molecule has 1 radical (unpaired) electrons. The maximum Gasteiger partial charge on any atom is 0.00652 e. The van der Waals surface area contributed by atoms with E-state index in [0.29, 0.717) is 0 Å². The van der Waals surface area contributed by atoms with Gasteiger partial charge < -0.3 is 0 Å². The van der Waals surface area contributed by atoms with Gasteiger partial charge in [-0.1, -0.05) is 39.8 Å². The molecule has 0 bridgehead atoms. The third kappa shape index (κ3) is 2.61. The van der Waals surface area contributed by atoms with Crippen LogP contribution < -0.4 is 0 Å². The maximum atomic E-state index is 4.92. The summed E-state index contributed by atoms with van der Waals surface area (Å²) in [6, 6.07) is 0. The summed E-state index contributed by atoms with van der Waals surface area (Å²) in [6.45, 7) is 6.70. The molecule has 0 spiro atoms. The Morgan fingerprint density at radius 3 is 1.88 bits per heavy atom. The van der Waals surface area contributed by atoms with Crippen LogP contribution in [-0.2, 0) is 0 Å². The van der Waals surface area contributed by atoms with E-state index in [1.54, 1.807) is 0 Å². The summed E-state index contributed by atoms with van der Waals surface area (Å²) in [7, 11) is 0. The molecule has 0 aliphatic rings. The third-order valence-electron chi connectivity index (χ3n) is 1.88. The van der Waals surface area contributed by atoms with Gasteiger partial charge in [-0.25, -0.2) is 0 Å². The quantitative estimate of drug-likeness (QED) is 0.552. The molecule has 0 amide bonds. The van der Waals surface area contributed by atoms with E-state index in [2.05, 4.69) is 20.8 Å². The van der Waals surface area contributed by atoms with Crippen molar-refractivity contribution in [3.05, 3.63) is 0 Å². The molecule has 0 aromatic carbocycles. The Hall–Kier alpha value is 0.350. The van der Waals surface area contributed by atoms with E-state index >= 15 is 0 Å². The SMILES string of the molecule is CCC(C)C(C)C[S]. The summed E-state index contributed by atoms with van der Waals surface area (Å²) < 4.78 is 0. The smallest absolute Gasteiger partial charge is 0.00652 e. The molecule has 1 heteroatoms. The van der Waals surface area contributed by atoms with Crippen LogP contribution in [-0.4, -0.2) is 5.75 Å². The molecule has 0 saturated carbocycles. The molecule has 0 saturated heterocycles. The number of hydrogen-bond acceptors (Lipinski definition) is 0. The van der Waals surface area contributed by atoms with Gasteiger partial charge in [-0.05, 0) is 11.8 Å². The molecule has 0 rings (SSSR count). The molecular weight excluding hydrogens is 116 g/mol. The van der Waals surface area contributed by atoms with Crippen LogP contribution in [0.2, 0.25) is 0 Å². The number of hydrogen-bond donors (Lipinski definition) is 0. The lowest BCUT2D eigenvalue weighted by atomic mass is 9.96. The van der Waals surface area contributed by atoms with Crippen LogP contribution in [0.5, 0.6) is 0 Å². The molecule has 0 heterocycles. The molecular formula is C7H15S. The lowest BCUT2D eigenvalue weighted by Crippen LogP contribution is -2.07. The van der Waals surface area contributed by atoms with Crippen LogP contribution in [0.25, 0.3) is 0 Å². The van der Waals surface area contributed by atoms with Crippen LogP contribution in [0, 0.1) is 11.8 Å². The average molecular weight is 131 g/mol. The van der Waals surface area contributed by atoms with E-state index < -0.39 is 0 Å². The van der Waals surface area contributed by atoms with E-state index in [4.69, 9.17) is 12.6 Å². The van der Waals surface area contributed by atoms with Crippen LogP contribution in [0.3, 0.4) is 0 Å². The second kappa shape index (κ2) is 4.25. The zero-order valence-corrected chi connectivity index (χ0v) is 6.79. The van der Waals surface area contributed by atoms with Gasteiger partial charge >= 0.3 is 0 Å². The minimum atomic E-state index is 0.731. The van der Waals surface area contributed by atoms with Gasteiger partial charge in [0.15, 0.2) is 0 Å². The van der Waals surface area contributed by atoms with Crippen molar-refractivity contribution in [2.75, 3.05) is 5.75 Å². The molecule has 0 fully saturated rings. The van der Waals surface area contributed by atoms with Crippen molar-refractivity contribution in [1.82, 2.24) is 0 Å². The standard InChI is InChI=1S/C7H15S/c1-4-6(2)7(3)5-8/h6-7H,4-5H2,1-3H3. The highest BCUT2D eigenvalue weighted by Gasteiger charge is 2.06. The second-order valence-corrected chi connectivity index (χ2v) is 2.86. The fourth-order valence-electron chi connectivity index (χ4n) is 0.567. The Morgan fingerprint density at radius 1 is 1.25 bits per heavy atom. The maximum absolute atomic E-state index is 4.92. The van der Waals surface area contributed by atoms with Crippen molar-refractivity contribution in [2.24, 2.45) is 11.8 Å². The first kappa shape index (κ1) is 8.35. The second-order valence-electron chi connectivity index (χ2n) is 2.53. The lowest BCUT2D eigenvalue weighted by Gasteiger charge is -2.13. The summed E-state index contributed by atoms with van der Waals surface area (Å²) in [5, 5.41) is 0. The molecule has 0 aromatic heterocycles. The third-order valence-corrected chi connectivity index (χ3v) is 2.40. The van der Waals surface area contributed by atoms with Gasteiger partial charge in [0.05, 0.1) is 0 Å². The van der Waals surface area contributed by atoms with Crippen LogP contribution in [0.1, 0.15) is 27.2 Å². The first-order valence-corrected chi connectivity index (χ1v) is 3.88. The molecule has 2 unspecified atom stereocenters. The Bertz CT molecular complexity index is 44.3. The molecule has 0 aromatic rings. The molecule has 0 aliphatic carbocycles. The zero-order valence-electron chi connectivity index (χ0n) is 5.98. The monoisotopic (exact) mass is 131 g/mol. The van der Waals surface area contributed by atoms with Gasteiger partial charge in [-0.15, -0.1) is 0 Å². The van der Waals surface area contributed by atoms with E-state index in [1.165, 1.54) is 6.42 Å². The molecule has 49 valence electrons. The van der Waals surface area contributed by atoms with E-state index in [1.807, 2.05) is 0 Å². The minimum absolute atomic E-state index is 0.731. The van der Waals surface area contributed by atoms with Gasteiger partial charge in [0.25, 0.3) is 0 Å². The molecule has 2 atom stereocenters. The first-order valence-electron chi connectivity index (χ1n) is 3.30. The summed E-state index contributed by atoms with van der Waals surface area (Å²) >= 11 is 4.92. The van der Waals surface area contributed by atoms with E-state index in [9.17, 15) is 0 Å². The van der Waals surface area contributed by atoms with Crippen molar-refractivity contribution < 1.29 is 0 Å². The Balaban J connectivity index is 3.29. The predicted octanol–water partition coefficient (Wildman–Crippen LogP) is 2.87. The van der Waals surface area contributed by atoms with Gasteiger partial charge in [0, 0.05) is 5.75 Å². The molecule has 0 aliphatic heterocycles. The Kier molecular flexibility index (Phi) is 4.44. The van der Waals surface area contributed by atoms with Crippen LogP contribution in [0.15, 0.2) is 0 Å². The predicted molar refractivity (Wildman–Crippen MR) is 41.1 cm³/mol. The molecule has 0 N–H and O–H groups in total. The highest BCUT2D eigenvalue weighted by atomic mass is 32.1. The molecule has 0 nitrogen and oxygen atoms in total. The average Bonchev–Trinajstić information content (AvgIpc) is 1.84. The van der Waals surface area contributed by atoms with Gasteiger partial charge in [-0.3, -0.25) is 0 Å². The normalized spacial score (nSPS) is 18.0. The Morgan fingerprint density at radius 2 is 1.75 bits per heavy atom. The molecule has 8 heavy (non-hydrogen) atoms. The van der Waals surface area contributed by atoms with Crippen LogP contribution in [0.4, 0.5) is 0 Å². The zero-order chi connectivity index (χ0) is 6.57. The highest BCUT2D eigenvalue weighted by molar-refractivity contribution is 7.80. The van der Waals surface area contributed by atoms with Crippen molar-refractivity contribution >= 4 is 12.6 Å². The summed E-state index contributed by atoms with van der Waals surface area (Å²) in [5.41, 5.74) is 0. The number of rotatable bonds is 3. The first-order chi connectivity index (χ1) is 3.72. The van der Waals surface area contributed by atoms with Gasteiger partial charge in [0.1, 0.15) is 0 Å². The van der Waals surface area contributed by atoms with Crippen molar-refractivity contribution in [3.63, 3.8) is 0 Å². The van der Waals surface area contributed by atoms with Crippen molar-refractivity contribution in [1.29, 1.82) is 0 Å². The van der Waals surface area contributed by atoms with E-state index in [-0.39, 0.29) is 0 Å². The minimum Gasteiger partial charge on any atom is -0.0939 e. The van der Waals surface area contributed by atoms with Crippen molar-refractivity contribution in [3.8, 4) is 0 Å². The van der Waals surface area contributed by atoms with E-state index in [0.717, 1.165) is 17.6 Å². The summed E-state index contributed by atoms with van der Waals surface area (Å²) in [5.74, 6) is 2.46. The fourth-order valence-corrected chi connectivity index (χ4v) is 0.895. The largest absolute Gasteiger partial charge is 0.0939 e. The van der Waals surface area contributed by atoms with Crippen LogP contribution >= 0.6 is 12.6 Å². The highest BCUT2D eigenvalue weighted by Crippen LogP contribution is 2.14. The van der Waals surface area contributed by atoms with Gasteiger partial charge in [0.2, 0.25) is 0 Å². The van der Waals surface area contributed by atoms with Gasteiger partial charge in [-0.2, -0.15) is 0 Å². The van der Waals surface area contributed by atoms with Crippen molar-refractivity contribution in [2.45, 2.75) is 27.2 Å².